The lowest BCUT2D eigenvalue weighted by atomic mass is 10.1. The first-order valence-corrected chi connectivity index (χ1v) is 6.58. The van der Waals surface area contributed by atoms with Crippen molar-refractivity contribution in [2.75, 3.05) is 0 Å². The molecule has 0 bridgehead atoms. The Morgan fingerprint density at radius 1 is 1.30 bits per heavy atom. The van der Waals surface area contributed by atoms with Gasteiger partial charge in [0.2, 0.25) is 0 Å². The van der Waals surface area contributed by atoms with Crippen LogP contribution in [0.4, 0.5) is 10.1 Å². The molecule has 0 heterocycles. The van der Waals surface area contributed by atoms with Crippen molar-refractivity contribution in [2.24, 2.45) is 0 Å². The second-order valence-corrected chi connectivity index (χ2v) is 5.09. The highest BCUT2D eigenvalue weighted by molar-refractivity contribution is 9.10. The van der Waals surface area contributed by atoms with Crippen LogP contribution in [-0.4, -0.2) is 4.92 Å². The normalized spacial score (nSPS) is 10.3. The Morgan fingerprint density at radius 2 is 2.05 bits per heavy atom. The lowest BCUT2D eigenvalue weighted by Crippen LogP contribution is -1.99. The quantitative estimate of drug-likeness (QED) is 0.613. The summed E-state index contributed by atoms with van der Waals surface area (Å²) in [6.45, 7) is 2.00. The largest absolute Gasteiger partial charge is 0.487 e. The van der Waals surface area contributed by atoms with Crippen molar-refractivity contribution in [1.29, 1.82) is 0 Å². The van der Waals surface area contributed by atoms with Crippen LogP contribution in [0.3, 0.4) is 0 Å². The molecule has 0 radical (unpaired) electrons. The maximum atomic E-state index is 13.0. The number of nitro groups is 1. The van der Waals surface area contributed by atoms with Gasteiger partial charge in [-0.05, 0) is 52.2 Å². The molecule has 6 heteroatoms. The molecule has 2 aromatic carbocycles. The molecule has 0 amide bonds. The number of nitro benzene ring substituents is 1. The molecule has 0 aliphatic carbocycles. The fraction of sp³-hybridized carbons (Fsp3) is 0.143. The Labute approximate surface area is 123 Å². The van der Waals surface area contributed by atoms with Crippen LogP contribution in [0.25, 0.3) is 0 Å². The van der Waals surface area contributed by atoms with Gasteiger partial charge in [0.15, 0.2) is 0 Å². The van der Waals surface area contributed by atoms with Crippen molar-refractivity contribution >= 4 is 21.6 Å². The molecule has 0 saturated carbocycles. The van der Waals surface area contributed by atoms with E-state index in [0.29, 0.717) is 10.2 Å². The third-order valence-electron chi connectivity index (χ3n) is 2.81. The average molecular weight is 340 g/mol. The van der Waals surface area contributed by atoms with Gasteiger partial charge >= 0.3 is 0 Å². The summed E-state index contributed by atoms with van der Waals surface area (Å²) in [5.74, 6) is 0.0747. The van der Waals surface area contributed by atoms with E-state index < -0.39 is 4.92 Å². The molecular weight excluding hydrogens is 329 g/mol. The summed E-state index contributed by atoms with van der Waals surface area (Å²) < 4.78 is 19.2. The predicted octanol–water partition coefficient (Wildman–Crippen LogP) is 4.38. The number of benzene rings is 2. The number of rotatable bonds is 4. The summed E-state index contributed by atoms with van der Waals surface area (Å²) in [7, 11) is 0. The molecule has 0 saturated heterocycles. The van der Waals surface area contributed by atoms with Crippen LogP contribution in [0, 0.1) is 22.9 Å². The Kier molecular flexibility index (Phi) is 4.34. The Morgan fingerprint density at radius 3 is 2.70 bits per heavy atom. The standard InChI is InChI=1S/C14H11BrFNO3/c1-9-6-11(16)3-2-10(9)8-20-14-7-12(17(18)19)4-5-13(14)15/h2-7H,8H2,1H3. The van der Waals surface area contributed by atoms with Crippen molar-refractivity contribution in [3.05, 3.63) is 67.9 Å². The van der Waals surface area contributed by atoms with Crippen molar-refractivity contribution in [3.8, 4) is 5.75 Å². The first-order chi connectivity index (χ1) is 9.47. The number of hydrogen-bond acceptors (Lipinski definition) is 3. The summed E-state index contributed by atoms with van der Waals surface area (Å²) >= 11 is 3.28. The number of halogens is 2. The summed E-state index contributed by atoms with van der Waals surface area (Å²) in [5, 5.41) is 10.7. The van der Waals surface area contributed by atoms with E-state index in [1.807, 2.05) is 0 Å². The molecule has 4 nitrogen and oxygen atoms in total. The number of aryl methyl sites for hydroxylation is 1. The van der Waals surface area contributed by atoms with Gasteiger partial charge in [-0.1, -0.05) is 6.07 Å². The number of ether oxygens (including phenoxy) is 1. The zero-order valence-electron chi connectivity index (χ0n) is 10.6. The van der Waals surface area contributed by atoms with E-state index in [-0.39, 0.29) is 18.1 Å². The monoisotopic (exact) mass is 339 g/mol. The molecule has 0 aliphatic heterocycles. The summed E-state index contributed by atoms with van der Waals surface area (Å²) in [5.41, 5.74) is 1.55. The fourth-order valence-corrected chi connectivity index (χ4v) is 2.05. The summed E-state index contributed by atoms with van der Waals surface area (Å²) in [6.07, 6.45) is 0. The van der Waals surface area contributed by atoms with Crippen molar-refractivity contribution < 1.29 is 14.1 Å². The maximum absolute atomic E-state index is 13.0. The number of hydrogen-bond donors (Lipinski definition) is 0. The molecule has 104 valence electrons. The molecule has 0 unspecified atom stereocenters. The Bertz CT molecular complexity index is 661. The molecule has 0 spiro atoms. The highest BCUT2D eigenvalue weighted by Gasteiger charge is 2.11. The topological polar surface area (TPSA) is 52.4 Å². The molecule has 20 heavy (non-hydrogen) atoms. The van der Waals surface area contributed by atoms with E-state index in [9.17, 15) is 14.5 Å². The van der Waals surface area contributed by atoms with E-state index in [1.165, 1.54) is 24.3 Å². The second kappa shape index (κ2) is 6.00. The van der Waals surface area contributed by atoms with Gasteiger partial charge in [-0.2, -0.15) is 0 Å². The maximum Gasteiger partial charge on any atom is 0.273 e. The van der Waals surface area contributed by atoms with E-state index in [2.05, 4.69) is 15.9 Å². The first-order valence-electron chi connectivity index (χ1n) is 5.79. The van der Waals surface area contributed by atoms with E-state index >= 15 is 0 Å². The highest BCUT2D eigenvalue weighted by Crippen LogP contribution is 2.30. The van der Waals surface area contributed by atoms with Crippen LogP contribution in [0.15, 0.2) is 40.9 Å². The molecule has 0 fully saturated rings. The zero-order chi connectivity index (χ0) is 14.7. The summed E-state index contributed by atoms with van der Waals surface area (Å²) in [4.78, 5) is 10.2. The van der Waals surface area contributed by atoms with Gasteiger partial charge in [-0.15, -0.1) is 0 Å². The first kappa shape index (κ1) is 14.5. The highest BCUT2D eigenvalue weighted by atomic mass is 79.9. The minimum Gasteiger partial charge on any atom is -0.487 e. The van der Waals surface area contributed by atoms with Gasteiger partial charge < -0.3 is 4.74 Å². The average Bonchev–Trinajstić information content (AvgIpc) is 2.39. The van der Waals surface area contributed by atoms with Gasteiger partial charge in [0.25, 0.3) is 5.69 Å². The van der Waals surface area contributed by atoms with E-state index in [1.54, 1.807) is 19.1 Å². The SMILES string of the molecule is Cc1cc(F)ccc1COc1cc([N+](=O)[O-])ccc1Br. The van der Waals surface area contributed by atoms with Crippen LogP contribution in [0.5, 0.6) is 5.75 Å². The summed E-state index contributed by atoms with van der Waals surface area (Å²) in [6, 6.07) is 8.71. The lowest BCUT2D eigenvalue weighted by molar-refractivity contribution is -0.385. The minimum atomic E-state index is -0.484. The van der Waals surface area contributed by atoms with Crippen LogP contribution < -0.4 is 4.74 Å². The molecule has 0 aliphatic rings. The van der Waals surface area contributed by atoms with Crippen LogP contribution >= 0.6 is 15.9 Å². The Balaban J connectivity index is 2.18. The van der Waals surface area contributed by atoms with Crippen molar-refractivity contribution in [2.45, 2.75) is 13.5 Å². The van der Waals surface area contributed by atoms with Crippen molar-refractivity contribution in [3.63, 3.8) is 0 Å². The van der Waals surface area contributed by atoms with Crippen LogP contribution in [-0.2, 0) is 6.61 Å². The van der Waals surface area contributed by atoms with Crippen LogP contribution in [0.1, 0.15) is 11.1 Å². The second-order valence-electron chi connectivity index (χ2n) is 4.23. The molecule has 0 aromatic heterocycles. The molecule has 0 N–H and O–H groups in total. The van der Waals surface area contributed by atoms with E-state index in [4.69, 9.17) is 4.74 Å². The van der Waals surface area contributed by atoms with Gasteiger partial charge in [-0.3, -0.25) is 10.1 Å². The molecular formula is C14H11BrFNO3. The Hall–Kier alpha value is -1.95. The third-order valence-corrected chi connectivity index (χ3v) is 3.47. The minimum absolute atomic E-state index is 0.0426. The van der Waals surface area contributed by atoms with Crippen molar-refractivity contribution in [1.82, 2.24) is 0 Å². The lowest BCUT2D eigenvalue weighted by Gasteiger charge is -2.10. The van der Waals surface area contributed by atoms with Gasteiger partial charge in [0.05, 0.1) is 15.5 Å². The number of non-ortho nitro benzene ring substituents is 1. The molecule has 2 aromatic rings. The third kappa shape index (κ3) is 3.33. The molecule has 2 rings (SSSR count). The van der Waals surface area contributed by atoms with Gasteiger partial charge in [0.1, 0.15) is 18.2 Å². The zero-order valence-corrected chi connectivity index (χ0v) is 12.2. The molecule has 0 atom stereocenters. The fourth-order valence-electron chi connectivity index (χ4n) is 1.69. The predicted molar refractivity (Wildman–Crippen MR) is 76.3 cm³/mol. The smallest absolute Gasteiger partial charge is 0.273 e. The van der Waals surface area contributed by atoms with Crippen LogP contribution in [0.2, 0.25) is 0 Å². The number of nitrogens with zero attached hydrogens (tertiary/aromatic N) is 1. The van der Waals surface area contributed by atoms with E-state index in [0.717, 1.165) is 11.1 Å². The van der Waals surface area contributed by atoms with Gasteiger partial charge in [0, 0.05) is 6.07 Å². The van der Waals surface area contributed by atoms with Gasteiger partial charge in [-0.25, -0.2) is 4.39 Å².